The SMILES string of the molecule is COCCNCCNC(=O)c1ccc(NS(=O)(=O)c2ccccc2)cc1. The smallest absolute Gasteiger partial charge is 0.261 e. The third-order valence-electron chi connectivity index (χ3n) is 3.52. The van der Waals surface area contributed by atoms with Crippen molar-refractivity contribution in [3.8, 4) is 0 Å². The van der Waals surface area contributed by atoms with E-state index in [9.17, 15) is 13.2 Å². The lowest BCUT2D eigenvalue weighted by Crippen LogP contribution is -2.33. The van der Waals surface area contributed by atoms with Crippen molar-refractivity contribution in [2.24, 2.45) is 0 Å². The molecule has 1 amide bonds. The summed E-state index contributed by atoms with van der Waals surface area (Å²) in [5.41, 5.74) is 0.858. The van der Waals surface area contributed by atoms with Crippen molar-refractivity contribution in [1.29, 1.82) is 0 Å². The maximum Gasteiger partial charge on any atom is 0.261 e. The lowest BCUT2D eigenvalue weighted by molar-refractivity contribution is 0.0953. The van der Waals surface area contributed by atoms with Gasteiger partial charge in [0.15, 0.2) is 0 Å². The van der Waals surface area contributed by atoms with Gasteiger partial charge in [-0.05, 0) is 36.4 Å². The van der Waals surface area contributed by atoms with Gasteiger partial charge in [-0.3, -0.25) is 9.52 Å². The number of anilines is 1. The van der Waals surface area contributed by atoms with E-state index in [1.165, 1.54) is 12.1 Å². The zero-order valence-electron chi connectivity index (χ0n) is 14.6. The number of nitrogens with one attached hydrogen (secondary N) is 3. The van der Waals surface area contributed by atoms with E-state index < -0.39 is 10.0 Å². The average molecular weight is 377 g/mol. The Morgan fingerprint density at radius 2 is 1.65 bits per heavy atom. The molecule has 0 aromatic heterocycles. The molecular weight excluding hydrogens is 354 g/mol. The van der Waals surface area contributed by atoms with E-state index in [1.54, 1.807) is 49.6 Å². The Labute approximate surface area is 153 Å². The van der Waals surface area contributed by atoms with Gasteiger partial charge in [0.1, 0.15) is 0 Å². The van der Waals surface area contributed by atoms with Gasteiger partial charge in [-0.2, -0.15) is 0 Å². The number of hydrogen-bond donors (Lipinski definition) is 3. The van der Waals surface area contributed by atoms with Crippen LogP contribution in [0.3, 0.4) is 0 Å². The van der Waals surface area contributed by atoms with Crippen molar-refractivity contribution in [1.82, 2.24) is 10.6 Å². The molecule has 0 aliphatic rings. The fourth-order valence-electron chi connectivity index (χ4n) is 2.17. The molecule has 0 fully saturated rings. The molecule has 0 atom stereocenters. The van der Waals surface area contributed by atoms with Crippen molar-refractivity contribution in [2.75, 3.05) is 38.1 Å². The van der Waals surface area contributed by atoms with Crippen LogP contribution in [-0.2, 0) is 14.8 Å². The molecule has 0 radical (unpaired) electrons. The van der Waals surface area contributed by atoms with Crippen LogP contribution >= 0.6 is 0 Å². The van der Waals surface area contributed by atoms with Crippen molar-refractivity contribution in [2.45, 2.75) is 4.90 Å². The summed E-state index contributed by atoms with van der Waals surface area (Å²) in [7, 11) is -2.01. The molecule has 8 heteroatoms. The second kappa shape index (κ2) is 9.91. The highest BCUT2D eigenvalue weighted by Crippen LogP contribution is 2.16. The van der Waals surface area contributed by atoms with E-state index in [-0.39, 0.29) is 10.8 Å². The largest absolute Gasteiger partial charge is 0.383 e. The highest BCUT2D eigenvalue weighted by atomic mass is 32.2. The van der Waals surface area contributed by atoms with Crippen LogP contribution in [-0.4, -0.2) is 47.7 Å². The molecule has 0 saturated heterocycles. The minimum Gasteiger partial charge on any atom is -0.383 e. The molecule has 2 rings (SSSR count). The fourth-order valence-corrected chi connectivity index (χ4v) is 3.25. The van der Waals surface area contributed by atoms with Crippen LogP contribution in [0.4, 0.5) is 5.69 Å². The predicted molar refractivity (Wildman–Crippen MR) is 101 cm³/mol. The summed E-state index contributed by atoms with van der Waals surface area (Å²) in [6, 6.07) is 14.4. The second-order valence-corrected chi connectivity index (χ2v) is 7.18. The van der Waals surface area contributed by atoms with Gasteiger partial charge in [0.2, 0.25) is 0 Å². The van der Waals surface area contributed by atoms with Crippen LogP contribution in [0.15, 0.2) is 59.5 Å². The van der Waals surface area contributed by atoms with E-state index in [0.717, 1.165) is 6.54 Å². The number of carbonyl (C=O) groups excluding carboxylic acids is 1. The first-order valence-electron chi connectivity index (χ1n) is 8.19. The summed E-state index contributed by atoms with van der Waals surface area (Å²) in [5.74, 6) is -0.212. The zero-order chi connectivity index (χ0) is 18.8. The summed E-state index contributed by atoms with van der Waals surface area (Å²) in [6.45, 7) is 2.48. The highest BCUT2D eigenvalue weighted by Gasteiger charge is 2.13. The number of amides is 1. The molecule has 26 heavy (non-hydrogen) atoms. The molecule has 2 aromatic rings. The standard InChI is InChI=1S/C18H23N3O4S/c1-25-14-13-19-11-12-20-18(22)15-7-9-16(10-8-15)21-26(23,24)17-5-3-2-4-6-17/h2-10,19,21H,11-14H2,1H3,(H,20,22). The average Bonchev–Trinajstić information content (AvgIpc) is 2.65. The van der Waals surface area contributed by atoms with Crippen LogP contribution in [0.5, 0.6) is 0 Å². The van der Waals surface area contributed by atoms with E-state index in [4.69, 9.17) is 4.74 Å². The predicted octanol–water partition coefficient (Wildman–Crippen LogP) is 1.45. The normalized spacial score (nSPS) is 11.1. The Morgan fingerprint density at radius 3 is 2.31 bits per heavy atom. The molecule has 0 bridgehead atoms. The maximum atomic E-state index is 12.3. The van der Waals surface area contributed by atoms with Crippen LogP contribution in [0, 0.1) is 0 Å². The van der Waals surface area contributed by atoms with E-state index in [0.29, 0.717) is 30.9 Å². The van der Waals surface area contributed by atoms with Gasteiger partial charge in [-0.25, -0.2) is 8.42 Å². The third kappa shape index (κ3) is 6.14. The van der Waals surface area contributed by atoms with Crippen molar-refractivity contribution >= 4 is 21.6 Å². The molecule has 2 aromatic carbocycles. The zero-order valence-corrected chi connectivity index (χ0v) is 15.4. The number of methoxy groups -OCH3 is 1. The van der Waals surface area contributed by atoms with Gasteiger partial charge in [-0.15, -0.1) is 0 Å². The molecule has 0 aliphatic carbocycles. The first-order valence-corrected chi connectivity index (χ1v) is 9.67. The first kappa shape index (κ1) is 19.9. The topological polar surface area (TPSA) is 96.5 Å². The van der Waals surface area contributed by atoms with Gasteiger partial charge in [-0.1, -0.05) is 18.2 Å². The van der Waals surface area contributed by atoms with Gasteiger partial charge in [0, 0.05) is 38.0 Å². The third-order valence-corrected chi connectivity index (χ3v) is 4.92. The van der Waals surface area contributed by atoms with Crippen LogP contribution in [0.25, 0.3) is 0 Å². The molecular formula is C18H23N3O4S. The number of hydrogen-bond acceptors (Lipinski definition) is 5. The molecule has 140 valence electrons. The van der Waals surface area contributed by atoms with Crippen molar-refractivity contribution in [3.63, 3.8) is 0 Å². The fraction of sp³-hybridized carbons (Fsp3) is 0.278. The number of carbonyl (C=O) groups is 1. The molecule has 0 unspecified atom stereocenters. The molecule has 0 heterocycles. The summed E-state index contributed by atoms with van der Waals surface area (Å²) < 4.78 is 31.9. The monoisotopic (exact) mass is 377 g/mol. The molecule has 0 saturated carbocycles. The highest BCUT2D eigenvalue weighted by molar-refractivity contribution is 7.92. The lowest BCUT2D eigenvalue weighted by Gasteiger charge is -2.09. The molecule has 0 spiro atoms. The van der Waals surface area contributed by atoms with Crippen LogP contribution < -0.4 is 15.4 Å². The van der Waals surface area contributed by atoms with Gasteiger partial charge < -0.3 is 15.4 Å². The summed E-state index contributed by atoms with van der Waals surface area (Å²) in [5, 5.41) is 5.92. The molecule has 7 nitrogen and oxygen atoms in total. The molecule has 3 N–H and O–H groups in total. The van der Waals surface area contributed by atoms with E-state index in [2.05, 4.69) is 15.4 Å². The van der Waals surface area contributed by atoms with Gasteiger partial charge in [0.25, 0.3) is 15.9 Å². The van der Waals surface area contributed by atoms with Crippen molar-refractivity contribution in [3.05, 3.63) is 60.2 Å². The Kier molecular flexibility index (Phi) is 7.58. The Balaban J connectivity index is 1.87. The lowest BCUT2D eigenvalue weighted by atomic mass is 10.2. The number of rotatable bonds is 10. The van der Waals surface area contributed by atoms with Crippen LogP contribution in [0.1, 0.15) is 10.4 Å². The van der Waals surface area contributed by atoms with Gasteiger partial charge >= 0.3 is 0 Å². The number of sulfonamides is 1. The first-order chi connectivity index (χ1) is 12.5. The minimum atomic E-state index is -3.64. The Bertz CT molecular complexity index is 793. The summed E-state index contributed by atoms with van der Waals surface area (Å²) in [4.78, 5) is 12.2. The summed E-state index contributed by atoms with van der Waals surface area (Å²) >= 11 is 0. The molecule has 0 aliphatic heterocycles. The Morgan fingerprint density at radius 1 is 0.962 bits per heavy atom. The maximum absolute atomic E-state index is 12.3. The van der Waals surface area contributed by atoms with Crippen LogP contribution in [0.2, 0.25) is 0 Å². The number of ether oxygens (including phenoxy) is 1. The summed E-state index contributed by atoms with van der Waals surface area (Å²) in [6.07, 6.45) is 0. The minimum absolute atomic E-state index is 0.183. The van der Waals surface area contributed by atoms with Gasteiger partial charge in [0.05, 0.1) is 11.5 Å². The Hall–Kier alpha value is -2.42. The van der Waals surface area contributed by atoms with E-state index >= 15 is 0 Å². The quantitative estimate of drug-likeness (QED) is 0.545. The van der Waals surface area contributed by atoms with E-state index in [1.807, 2.05) is 0 Å². The number of benzene rings is 2. The van der Waals surface area contributed by atoms with Crippen molar-refractivity contribution < 1.29 is 17.9 Å². The second-order valence-electron chi connectivity index (χ2n) is 5.49.